The molecule has 1 aromatic carbocycles. The molecule has 1 fully saturated rings. The van der Waals surface area contributed by atoms with Gasteiger partial charge in [0.25, 0.3) is 0 Å². The number of nitrogens with one attached hydrogen (secondary N) is 2. The minimum Gasteiger partial charge on any atom is -0.369 e. The second-order valence-electron chi connectivity index (χ2n) is 6.88. The molecule has 1 aromatic rings. The normalized spacial score (nSPS) is 15.2. The number of carbonyl (C=O) groups excluding carboxylic acids is 2. The van der Waals surface area contributed by atoms with Gasteiger partial charge in [0.2, 0.25) is 0 Å². The maximum absolute atomic E-state index is 11.7. The molecule has 1 aliphatic rings. The molecule has 2 N–H and O–H groups in total. The van der Waals surface area contributed by atoms with E-state index in [0.717, 1.165) is 39.1 Å². The number of hydrogen-bond acceptors (Lipinski definition) is 4. The summed E-state index contributed by atoms with van der Waals surface area (Å²) in [6.45, 7) is 10.1. The summed E-state index contributed by atoms with van der Waals surface area (Å²) in [5.41, 5.74) is 1.28. The van der Waals surface area contributed by atoms with Gasteiger partial charge in [0.1, 0.15) is 0 Å². The molecule has 0 radical (unpaired) electrons. The van der Waals surface area contributed by atoms with Crippen LogP contribution in [-0.2, 0) is 9.59 Å². The van der Waals surface area contributed by atoms with E-state index in [1.807, 2.05) is 19.9 Å². The first-order chi connectivity index (χ1) is 12.1. The highest BCUT2D eigenvalue weighted by atomic mass is 16.2. The van der Waals surface area contributed by atoms with Crippen LogP contribution in [0.3, 0.4) is 0 Å². The molecular formula is C19H30N4O2. The van der Waals surface area contributed by atoms with Gasteiger partial charge in [0, 0.05) is 45.0 Å². The number of nitrogens with zero attached hydrogens (tertiary/aromatic N) is 2. The lowest BCUT2D eigenvalue weighted by atomic mass is 10.2. The van der Waals surface area contributed by atoms with Gasteiger partial charge in [-0.15, -0.1) is 0 Å². The predicted molar refractivity (Wildman–Crippen MR) is 101 cm³/mol. The van der Waals surface area contributed by atoms with Crippen LogP contribution in [0, 0.1) is 5.92 Å². The minimum atomic E-state index is -0.537. The van der Waals surface area contributed by atoms with Gasteiger partial charge in [0.05, 0.1) is 0 Å². The van der Waals surface area contributed by atoms with Crippen LogP contribution in [0.25, 0.3) is 0 Å². The minimum absolute atomic E-state index is 0.339. The molecule has 0 spiro atoms. The average Bonchev–Trinajstić information content (AvgIpc) is 2.64. The molecule has 1 saturated heterocycles. The molecule has 25 heavy (non-hydrogen) atoms. The molecule has 1 aliphatic heterocycles. The third kappa shape index (κ3) is 6.74. The lowest BCUT2D eigenvalue weighted by Gasteiger charge is -2.36. The highest BCUT2D eigenvalue weighted by Crippen LogP contribution is 2.15. The fraction of sp³-hybridized carbons (Fsp3) is 0.579. The van der Waals surface area contributed by atoms with Crippen molar-refractivity contribution in [3.05, 3.63) is 30.3 Å². The molecular weight excluding hydrogens is 316 g/mol. The third-order valence-electron chi connectivity index (χ3n) is 4.31. The zero-order valence-corrected chi connectivity index (χ0v) is 15.3. The maximum Gasteiger partial charge on any atom is 0.309 e. The van der Waals surface area contributed by atoms with Gasteiger partial charge in [0.15, 0.2) is 0 Å². The van der Waals surface area contributed by atoms with Crippen molar-refractivity contribution in [2.75, 3.05) is 50.7 Å². The number of para-hydroxylation sites is 1. The van der Waals surface area contributed by atoms with Crippen molar-refractivity contribution in [2.24, 2.45) is 5.92 Å². The summed E-state index contributed by atoms with van der Waals surface area (Å²) in [7, 11) is 0. The second-order valence-corrected chi connectivity index (χ2v) is 6.88. The Bertz CT molecular complexity index is 540. The van der Waals surface area contributed by atoms with Crippen molar-refractivity contribution >= 4 is 17.5 Å². The molecule has 1 heterocycles. The summed E-state index contributed by atoms with van der Waals surface area (Å²) in [4.78, 5) is 28.0. The number of hydrogen-bond donors (Lipinski definition) is 2. The first kappa shape index (κ1) is 19.2. The Morgan fingerprint density at radius 3 is 2.28 bits per heavy atom. The number of carbonyl (C=O) groups is 2. The Hall–Kier alpha value is -2.08. The Kier molecular flexibility index (Phi) is 7.73. The van der Waals surface area contributed by atoms with E-state index in [0.29, 0.717) is 19.0 Å². The van der Waals surface area contributed by atoms with E-state index >= 15 is 0 Å². The first-order valence-electron chi connectivity index (χ1n) is 9.14. The van der Waals surface area contributed by atoms with Crippen LogP contribution >= 0.6 is 0 Å². The summed E-state index contributed by atoms with van der Waals surface area (Å²) in [6, 6.07) is 10.5. The molecule has 0 bridgehead atoms. The third-order valence-corrected chi connectivity index (χ3v) is 4.31. The van der Waals surface area contributed by atoms with Gasteiger partial charge in [-0.3, -0.25) is 14.5 Å². The highest BCUT2D eigenvalue weighted by molar-refractivity contribution is 6.35. The number of anilines is 1. The van der Waals surface area contributed by atoms with Gasteiger partial charge in [-0.05, 0) is 31.0 Å². The fourth-order valence-corrected chi connectivity index (χ4v) is 2.83. The van der Waals surface area contributed by atoms with E-state index in [9.17, 15) is 9.59 Å². The van der Waals surface area contributed by atoms with Crippen LogP contribution in [0.5, 0.6) is 0 Å². The van der Waals surface area contributed by atoms with Crippen molar-refractivity contribution in [3.8, 4) is 0 Å². The SMILES string of the molecule is CC(C)CNC(=O)C(=O)NCCCN1CCN(c2ccccc2)CC1. The zero-order chi connectivity index (χ0) is 18.1. The van der Waals surface area contributed by atoms with Gasteiger partial charge < -0.3 is 15.5 Å². The smallest absolute Gasteiger partial charge is 0.309 e. The van der Waals surface area contributed by atoms with E-state index in [1.54, 1.807) is 0 Å². The van der Waals surface area contributed by atoms with Crippen LogP contribution < -0.4 is 15.5 Å². The van der Waals surface area contributed by atoms with Crippen molar-refractivity contribution in [1.29, 1.82) is 0 Å². The Morgan fingerprint density at radius 1 is 1.00 bits per heavy atom. The number of benzene rings is 1. The standard InChI is InChI=1S/C19H30N4O2/c1-16(2)15-21-19(25)18(24)20-9-6-10-22-11-13-23(14-12-22)17-7-4-3-5-8-17/h3-5,7-8,16H,6,9-15H2,1-2H3,(H,20,24)(H,21,25). The largest absolute Gasteiger partial charge is 0.369 e. The van der Waals surface area contributed by atoms with Crippen LogP contribution in [0.1, 0.15) is 20.3 Å². The quantitative estimate of drug-likeness (QED) is 0.573. The summed E-state index contributed by atoms with van der Waals surface area (Å²) >= 11 is 0. The molecule has 0 unspecified atom stereocenters. The van der Waals surface area contributed by atoms with E-state index in [-0.39, 0.29) is 0 Å². The van der Waals surface area contributed by atoms with Crippen molar-refractivity contribution in [1.82, 2.24) is 15.5 Å². The van der Waals surface area contributed by atoms with Gasteiger partial charge >= 0.3 is 11.8 Å². The summed E-state index contributed by atoms with van der Waals surface area (Å²) in [5, 5.41) is 5.32. The second kappa shape index (κ2) is 10.0. The molecule has 6 heteroatoms. The van der Waals surface area contributed by atoms with Crippen molar-refractivity contribution in [2.45, 2.75) is 20.3 Å². The molecule has 2 amide bonds. The van der Waals surface area contributed by atoms with E-state index < -0.39 is 11.8 Å². The van der Waals surface area contributed by atoms with E-state index in [4.69, 9.17) is 0 Å². The van der Waals surface area contributed by atoms with Gasteiger partial charge in [-0.1, -0.05) is 32.0 Å². The lowest BCUT2D eigenvalue weighted by Crippen LogP contribution is -2.47. The molecule has 0 aromatic heterocycles. The first-order valence-corrected chi connectivity index (χ1v) is 9.14. The van der Waals surface area contributed by atoms with Crippen LogP contribution in [-0.4, -0.2) is 62.5 Å². The Morgan fingerprint density at radius 2 is 1.64 bits per heavy atom. The predicted octanol–water partition coefficient (Wildman–Crippen LogP) is 1.09. The zero-order valence-electron chi connectivity index (χ0n) is 15.3. The monoisotopic (exact) mass is 346 g/mol. The van der Waals surface area contributed by atoms with Gasteiger partial charge in [-0.25, -0.2) is 0 Å². The lowest BCUT2D eigenvalue weighted by molar-refractivity contribution is -0.139. The van der Waals surface area contributed by atoms with Crippen LogP contribution in [0.4, 0.5) is 5.69 Å². The van der Waals surface area contributed by atoms with Crippen LogP contribution in [0.2, 0.25) is 0 Å². The molecule has 0 aliphatic carbocycles. The summed E-state index contributed by atoms with van der Waals surface area (Å²) < 4.78 is 0. The van der Waals surface area contributed by atoms with Crippen molar-refractivity contribution in [3.63, 3.8) is 0 Å². The molecule has 6 nitrogen and oxygen atoms in total. The maximum atomic E-state index is 11.7. The topological polar surface area (TPSA) is 64.7 Å². The van der Waals surface area contributed by atoms with E-state index in [1.165, 1.54) is 5.69 Å². The summed E-state index contributed by atoms with van der Waals surface area (Å²) in [6.07, 6.45) is 0.856. The van der Waals surface area contributed by atoms with Crippen LogP contribution in [0.15, 0.2) is 30.3 Å². The summed E-state index contributed by atoms with van der Waals surface area (Å²) in [5.74, 6) is -0.731. The number of amides is 2. The average molecular weight is 346 g/mol. The fourth-order valence-electron chi connectivity index (χ4n) is 2.83. The highest BCUT2D eigenvalue weighted by Gasteiger charge is 2.17. The number of rotatable bonds is 7. The number of piperazine rings is 1. The van der Waals surface area contributed by atoms with E-state index in [2.05, 4.69) is 44.7 Å². The van der Waals surface area contributed by atoms with Gasteiger partial charge in [-0.2, -0.15) is 0 Å². The van der Waals surface area contributed by atoms with Crippen molar-refractivity contribution < 1.29 is 9.59 Å². The Labute approximate surface area is 150 Å². The Balaban J connectivity index is 1.57. The molecule has 138 valence electrons. The molecule has 0 saturated carbocycles. The molecule has 0 atom stereocenters. The molecule has 2 rings (SSSR count).